The number of carboxylic acid groups (broad SMARTS) is 1. The van der Waals surface area contributed by atoms with Gasteiger partial charge in [-0.15, -0.1) is 11.8 Å². The third kappa shape index (κ3) is 5.17. The van der Waals surface area contributed by atoms with Gasteiger partial charge in [-0.25, -0.2) is 0 Å². The number of aliphatic carboxylic acids is 1. The van der Waals surface area contributed by atoms with Crippen LogP contribution in [0.5, 0.6) is 5.75 Å². The van der Waals surface area contributed by atoms with E-state index in [2.05, 4.69) is 10.6 Å². The molecule has 0 saturated carbocycles. The molecule has 0 spiro atoms. The maximum Gasteiger partial charge on any atom is 0.249 e. The molecule has 0 aromatic heterocycles. The molecule has 2 saturated heterocycles. The predicted octanol–water partition coefficient (Wildman–Crippen LogP) is 1.08. The number of halogens is 1. The van der Waals surface area contributed by atoms with Gasteiger partial charge in [0.05, 0.1) is 15.6 Å². The van der Waals surface area contributed by atoms with Crippen LogP contribution in [-0.2, 0) is 25.6 Å². The van der Waals surface area contributed by atoms with Crippen LogP contribution < -0.4 is 15.7 Å². The van der Waals surface area contributed by atoms with E-state index in [0.29, 0.717) is 15.6 Å². The van der Waals surface area contributed by atoms with Crippen molar-refractivity contribution in [1.29, 1.82) is 0 Å². The van der Waals surface area contributed by atoms with Gasteiger partial charge in [0.2, 0.25) is 17.7 Å². The average molecular weight is 622 g/mol. The number of thioether (sulfide) groups is 1. The summed E-state index contributed by atoms with van der Waals surface area (Å²) in [7, 11) is 0. The monoisotopic (exact) mass is 622 g/mol. The SMILES string of the molecule is CC1(C)S[C@@H]2[C@H](NC(=O)[C@H](NC(=O)CCc3ccc(O)c(I)c3)c3ccccc3)C(=O)N2[C@H]1C(=O)[O-]. The van der Waals surface area contributed by atoms with Gasteiger partial charge < -0.3 is 30.5 Å². The van der Waals surface area contributed by atoms with Crippen molar-refractivity contribution in [3.8, 4) is 5.75 Å². The van der Waals surface area contributed by atoms with Crippen molar-refractivity contribution < 1.29 is 29.4 Å². The fourth-order valence-corrected chi connectivity index (χ4v) is 6.71. The normalized spacial score (nSPS) is 22.8. The number of fused-ring (bicyclic) bond motifs is 1. The number of carbonyl (C=O) groups excluding carboxylic acids is 4. The van der Waals surface area contributed by atoms with Gasteiger partial charge in [-0.1, -0.05) is 36.4 Å². The molecule has 11 heteroatoms. The van der Waals surface area contributed by atoms with E-state index in [-0.39, 0.29) is 18.1 Å². The molecule has 2 aromatic carbocycles. The average Bonchev–Trinajstić information content (AvgIpc) is 3.10. The molecule has 0 radical (unpaired) electrons. The minimum absolute atomic E-state index is 0.119. The number of β-lactam (4-membered cyclic amide) rings is 1. The molecule has 9 nitrogen and oxygen atoms in total. The minimum atomic E-state index is -1.33. The zero-order chi connectivity index (χ0) is 26.2. The van der Waals surface area contributed by atoms with Crippen LogP contribution in [0, 0.1) is 3.57 Å². The first kappa shape index (κ1) is 26.3. The fourth-order valence-electron chi connectivity index (χ4n) is 4.51. The molecule has 4 rings (SSSR count). The van der Waals surface area contributed by atoms with Crippen molar-refractivity contribution in [2.24, 2.45) is 0 Å². The van der Waals surface area contributed by atoms with E-state index < -0.39 is 46.0 Å². The summed E-state index contributed by atoms with van der Waals surface area (Å²) in [5.41, 5.74) is 1.43. The van der Waals surface area contributed by atoms with Crippen LogP contribution in [0.3, 0.4) is 0 Å². The molecular weight excluding hydrogens is 597 g/mol. The summed E-state index contributed by atoms with van der Waals surface area (Å²) in [6, 6.07) is 10.8. The number of aryl methyl sites for hydroxylation is 1. The smallest absolute Gasteiger partial charge is 0.249 e. The Hall–Kier alpha value is -2.80. The van der Waals surface area contributed by atoms with E-state index in [4.69, 9.17) is 0 Å². The van der Waals surface area contributed by atoms with E-state index in [1.54, 1.807) is 62.4 Å². The van der Waals surface area contributed by atoms with E-state index in [1.807, 2.05) is 22.6 Å². The Balaban J connectivity index is 1.45. The Morgan fingerprint density at radius 2 is 1.89 bits per heavy atom. The van der Waals surface area contributed by atoms with Gasteiger partial charge in [-0.3, -0.25) is 14.4 Å². The number of amides is 3. The maximum atomic E-state index is 13.3. The van der Waals surface area contributed by atoms with Crippen LogP contribution in [-0.4, -0.2) is 55.9 Å². The molecule has 2 fully saturated rings. The van der Waals surface area contributed by atoms with Crippen LogP contribution in [0.4, 0.5) is 0 Å². The number of nitrogens with zero attached hydrogens (tertiary/aromatic N) is 1. The highest BCUT2D eigenvalue weighted by atomic mass is 127. The summed E-state index contributed by atoms with van der Waals surface area (Å²) in [4.78, 5) is 51.7. The van der Waals surface area contributed by atoms with Crippen LogP contribution in [0.1, 0.15) is 37.4 Å². The van der Waals surface area contributed by atoms with E-state index in [1.165, 1.54) is 16.7 Å². The number of nitrogens with one attached hydrogen (secondary N) is 2. The Morgan fingerprint density at radius 1 is 1.19 bits per heavy atom. The molecule has 3 amide bonds. The lowest BCUT2D eigenvalue weighted by Gasteiger charge is -2.45. The largest absolute Gasteiger partial charge is 0.548 e. The van der Waals surface area contributed by atoms with Crippen LogP contribution in [0.25, 0.3) is 0 Å². The summed E-state index contributed by atoms with van der Waals surface area (Å²) in [6.45, 7) is 3.45. The first-order valence-electron chi connectivity index (χ1n) is 11.3. The second-order valence-corrected chi connectivity index (χ2v) is 12.2. The number of phenolic OH excluding ortho intramolecular Hbond substituents is 1. The lowest BCUT2D eigenvalue weighted by atomic mass is 9.95. The lowest BCUT2D eigenvalue weighted by molar-refractivity contribution is -0.312. The summed E-state index contributed by atoms with van der Waals surface area (Å²) >= 11 is 3.31. The number of carbonyl (C=O) groups is 4. The predicted molar refractivity (Wildman–Crippen MR) is 140 cm³/mol. The number of rotatable bonds is 8. The molecule has 2 heterocycles. The van der Waals surface area contributed by atoms with Gasteiger partial charge in [-0.05, 0) is 66.1 Å². The van der Waals surface area contributed by atoms with Gasteiger partial charge in [0, 0.05) is 11.2 Å². The molecular formula is C25H25IN3O6S-. The van der Waals surface area contributed by atoms with Crippen LogP contribution in [0.15, 0.2) is 48.5 Å². The lowest BCUT2D eigenvalue weighted by Crippen LogP contribution is -2.72. The fraction of sp³-hybridized carbons (Fsp3) is 0.360. The molecule has 4 atom stereocenters. The van der Waals surface area contributed by atoms with Crippen molar-refractivity contribution in [2.45, 2.75) is 54.9 Å². The van der Waals surface area contributed by atoms with Crippen LogP contribution in [0.2, 0.25) is 0 Å². The Bertz CT molecular complexity index is 1210. The topological polar surface area (TPSA) is 139 Å². The molecule has 0 bridgehead atoms. The first-order chi connectivity index (χ1) is 17.0. The number of benzene rings is 2. The van der Waals surface area contributed by atoms with E-state index in [0.717, 1.165) is 5.56 Å². The Labute approximate surface area is 226 Å². The van der Waals surface area contributed by atoms with Crippen molar-refractivity contribution in [2.75, 3.05) is 0 Å². The zero-order valence-corrected chi connectivity index (χ0v) is 22.5. The van der Waals surface area contributed by atoms with Crippen molar-refractivity contribution in [3.05, 3.63) is 63.2 Å². The number of phenols is 1. The second kappa shape index (κ2) is 10.3. The molecule has 2 aliphatic rings. The Morgan fingerprint density at radius 3 is 2.53 bits per heavy atom. The molecule has 0 unspecified atom stereocenters. The third-order valence-corrected chi connectivity index (χ3v) is 8.75. The van der Waals surface area contributed by atoms with Crippen LogP contribution >= 0.6 is 34.4 Å². The second-order valence-electron chi connectivity index (χ2n) is 9.26. The summed E-state index contributed by atoms with van der Waals surface area (Å²) in [5, 5.41) is 26.3. The number of hydrogen-bond acceptors (Lipinski definition) is 7. The standard InChI is InChI=1S/C25H26IN3O6S/c1-25(2)20(24(34)35)29-22(33)19(23(29)36-25)28-21(32)18(14-6-4-3-5-7-14)27-17(31)11-9-13-8-10-16(30)15(26)12-13/h3-8,10,12,18-20,23,30H,9,11H2,1-2H3,(H,27,31)(H,28,32)(H,34,35)/p-1/t18-,19-,20+,23-/m1/s1. The highest BCUT2D eigenvalue weighted by Crippen LogP contribution is 2.50. The highest BCUT2D eigenvalue weighted by Gasteiger charge is 2.62. The van der Waals surface area contributed by atoms with Gasteiger partial charge >= 0.3 is 0 Å². The maximum absolute atomic E-state index is 13.3. The molecule has 3 N–H and O–H groups in total. The molecule has 190 valence electrons. The molecule has 2 aliphatic heterocycles. The zero-order valence-electron chi connectivity index (χ0n) is 19.6. The van der Waals surface area contributed by atoms with Crippen molar-refractivity contribution in [3.63, 3.8) is 0 Å². The summed E-state index contributed by atoms with van der Waals surface area (Å²) in [6.07, 6.45) is 0.535. The molecule has 36 heavy (non-hydrogen) atoms. The van der Waals surface area contributed by atoms with Crippen molar-refractivity contribution >= 4 is 58.0 Å². The third-order valence-electron chi connectivity index (χ3n) is 6.32. The number of carboxylic acids is 1. The molecule has 0 aliphatic carbocycles. The van der Waals surface area contributed by atoms with Gasteiger partial charge in [0.15, 0.2) is 0 Å². The van der Waals surface area contributed by atoms with E-state index >= 15 is 0 Å². The number of hydrogen-bond donors (Lipinski definition) is 3. The van der Waals surface area contributed by atoms with Gasteiger partial charge in [0.25, 0.3) is 0 Å². The Kier molecular flexibility index (Phi) is 7.51. The van der Waals surface area contributed by atoms with E-state index in [9.17, 15) is 29.4 Å². The first-order valence-corrected chi connectivity index (χ1v) is 13.3. The summed E-state index contributed by atoms with van der Waals surface area (Å²) in [5.74, 6) is -2.55. The van der Waals surface area contributed by atoms with Gasteiger partial charge in [-0.2, -0.15) is 0 Å². The van der Waals surface area contributed by atoms with Crippen molar-refractivity contribution in [1.82, 2.24) is 15.5 Å². The highest BCUT2D eigenvalue weighted by molar-refractivity contribution is 14.1. The minimum Gasteiger partial charge on any atom is -0.548 e. The number of aromatic hydroxyl groups is 1. The summed E-state index contributed by atoms with van der Waals surface area (Å²) < 4.78 is -0.0855. The molecule has 2 aromatic rings. The quantitative estimate of drug-likeness (QED) is 0.296. The van der Waals surface area contributed by atoms with Gasteiger partial charge in [0.1, 0.15) is 23.2 Å².